The van der Waals surface area contributed by atoms with Gasteiger partial charge in [0, 0.05) is 48.8 Å². The molecular weight excluding hydrogens is 474 g/mol. The van der Waals surface area contributed by atoms with E-state index in [1.807, 2.05) is 23.1 Å². The van der Waals surface area contributed by atoms with Crippen molar-refractivity contribution >= 4 is 37.1 Å². The molecule has 0 bridgehead atoms. The zero-order chi connectivity index (χ0) is 25.5. The minimum absolute atomic E-state index is 0.232. The summed E-state index contributed by atoms with van der Waals surface area (Å²) >= 11 is 0. The molecule has 2 aliphatic heterocycles. The Morgan fingerprint density at radius 2 is 1.85 bits per heavy atom. The van der Waals surface area contributed by atoms with Gasteiger partial charge in [0.25, 0.3) is 5.66 Å². The second-order valence-corrected chi connectivity index (χ2v) is 11.9. The fraction of sp³-hybridized carbons (Fsp3) is 0.462. The molecular formula is C26H37F3N3PS. The Morgan fingerprint density at radius 1 is 1.21 bits per heavy atom. The maximum Gasteiger partial charge on any atom is 0.259 e. The average molecular weight is 512 g/mol. The molecule has 0 amide bonds. The Labute approximate surface area is 207 Å². The van der Waals surface area contributed by atoms with Crippen LogP contribution in [0.5, 0.6) is 0 Å². The Kier molecular flexibility index (Phi) is 10.3. The van der Waals surface area contributed by atoms with E-state index >= 15 is 0 Å². The lowest BCUT2D eigenvalue weighted by atomic mass is 9.98. The Bertz CT molecular complexity index is 944. The fourth-order valence-electron chi connectivity index (χ4n) is 3.57. The molecule has 1 saturated heterocycles. The van der Waals surface area contributed by atoms with Gasteiger partial charge in [0.15, 0.2) is 0 Å². The molecule has 3 rings (SSSR count). The van der Waals surface area contributed by atoms with Gasteiger partial charge in [-0.3, -0.25) is 4.90 Å². The summed E-state index contributed by atoms with van der Waals surface area (Å²) in [6.45, 7) is 12.6. The molecule has 1 fully saturated rings. The van der Waals surface area contributed by atoms with Crippen LogP contribution < -0.4 is 0 Å². The van der Waals surface area contributed by atoms with Crippen LogP contribution >= 0.6 is 19.7 Å². The summed E-state index contributed by atoms with van der Waals surface area (Å²) < 4.78 is 40.3. The molecule has 188 valence electrons. The minimum atomic E-state index is -2.77. The van der Waals surface area contributed by atoms with Crippen molar-refractivity contribution in [2.75, 3.05) is 31.8 Å². The molecule has 0 N–H and O–H groups in total. The van der Waals surface area contributed by atoms with Crippen LogP contribution in [0.4, 0.5) is 13.2 Å². The van der Waals surface area contributed by atoms with E-state index in [0.717, 1.165) is 11.3 Å². The zero-order valence-electron chi connectivity index (χ0n) is 20.5. The van der Waals surface area contributed by atoms with E-state index in [4.69, 9.17) is 0 Å². The third kappa shape index (κ3) is 9.16. The number of amidine groups is 1. The summed E-state index contributed by atoms with van der Waals surface area (Å²) in [5.74, 6) is 7.19. The summed E-state index contributed by atoms with van der Waals surface area (Å²) in [6.07, 6.45) is 4.04. The van der Waals surface area contributed by atoms with Gasteiger partial charge in [0.05, 0.1) is 5.70 Å². The summed E-state index contributed by atoms with van der Waals surface area (Å²) in [6, 6.07) is 7.10. The maximum absolute atomic E-state index is 14.1. The highest BCUT2D eigenvalue weighted by Gasteiger charge is 2.24. The Morgan fingerprint density at radius 3 is 2.29 bits per heavy atom. The minimum Gasteiger partial charge on any atom is -0.327 e. The van der Waals surface area contributed by atoms with Crippen molar-refractivity contribution in [3.8, 4) is 0 Å². The SMILES string of the molecule is C=CCN1C(=C)C=C(c2ccc(C(C)(C)F)cc2)N=C1CCCC(F)(F)P.C=S1CCN(C)C1. The third-order valence-electron chi connectivity index (χ3n) is 5.47. The van der Waals surface area contributed by atoms with E-state index in [9.17, 15) is 13.2 Å². The van der Waals surface area contributed by atoms with Crippen LogP contribution in [-0.2, 0) is 5.67 Å². The van der Waals surface area contributed by atoms with Crippen LogP contribution in [0.2, 0.25) is 0 Å². The number of hydrogen-bond acceptors (Lipinski definition) is 3. The summed E-state index contributed by atoms with van der Waals surface area (Å²) in [4.78, 5) is 8.86. The van der Waals surface area contributed by atoms with E-state index < -0.39 is 11.3 Å². The van der Waals surface area contributed by atoms with Crippen LogP contribution in [0.25, 0.3) is 5.70 Å². The predicted octanol–water partition coefficient (Wildman–Crippen LogP) is 6.87. The topological polar surface area (TPSA) is 18.8 Å². The van der Waals surface area contributed by atoms with E-state index in [-0.39, 0.29) is 6.42 Å². The molecule has 1 aromatic carbocycles. The highest BCUT2D eigenvalue weighted by Crippen LogP contribution is 2.32. The molecule has 8 heteroatoms. The molecule has 3 nitrogen and oxygen atoms in total. The summed E-state index contributed by atoms with van der Waals surface area (Å²) in [5.41, 5.74) is -1.36. The number of alkyl halides is 3. The standard InChI is InChI=1S/C21H26F3N2P.C5H11NS/c1-5-13-26-15(2)14-18(25-19(26)7-6-12-21(23,24)27)16-8-10-17(11-9-16)20(3,4)22;1-6-3-4-7(2)5-6/h5,8-11,14H,1-2,6-7,12-13,27H2,3-4H3;2-5H2,1H3. The Hall–Kier alpha value is -1.69. The van der Waals surface area contributed by atoms with Crippen molar-refractivity contribution in [1.82, 2.24) is 9.80 Å². The van der Waals surface area contributed by atoms with Crippen LogP contribution in [0.1, 0.15) is 44.2 Å². The van der Waals surface area contributed by atoms with Gasteiger partial charge in [-0.2, -0.15) is 10.5 Å². The first-order valence-electron chi connectivity index (χ1n) is 11.3. The quantitative estimate of drug-likeness (QED) is 0.215. The number of aliphatic imine (C=N–C) groups is 1. The van der Waals surface area contributed by atoms with Crippen LogP contribution in [0.15, 0.2) is 60.3 Å². The fourth-order valence-corrected chi connectivity index (χ4v) is 5.22. The molecule has 0 spiro atoms. The number of allylic oxidation sites excluding steroid dienone is 1. The number of rotatable bonds is 8. The van der Waals surface area contributed by atoms with Gasteiger partial charge in [0.2, 0.25) is 0 Å². The second-order valence-electron chi connectivity index (χ2n) is 9.14. The molecule has 0 saturated carbocycles. The number of nitrogens with zero attached hydrogens (tertiary/aromatic N) is 3. The van der Waals surface area contributed by atoms with Crippen molar-refractivity contribution in [1.29, 1.82) is 0 Å². The lowest BCUT2D eigenvalue weighted by Crippen LogP contribution is -2.32. The molecule has 34 heavy (non-hydrogen) atoms. The van der Waals surface area contributed by atoms with E-state index in [1.54, 1.807) is 27.4 Å². The zero-order valence-corrected chi connectivity index (χ0v) is 22.5. The third-order valence-corrected chi connectivity index (χ3v) is 7.32. The molecule has 0 radical (unpaired) electrons. The number of halogens is 3. The van der Waals surface area contributed by atoms with Gasteiger partial charge in [0.1, 0.15) is 11.5 Å². The van der Waals surface area contributed by atoms with Gasteiger partial charge in [-0.1, -0.05) is 52.0 Å². The second kappa shape index (κ2) is 12.3. The van der Waals surface area contributed by atoms with Gasteiger partial charge in [-0.05, 0) is 39.0 Å². The van der Waals surface area contributed by atoms with Crippen molar-refractivity contribution in [2.24, 2.45) is 4.99 Å². The predicted molar refractivity (Wildman–Crippen MR) is 148 cm³/mol. The van der Waals surface area contributed by atoms with Gasteiger partial charge in [-0.25, -0.2) is 18.2 Å². The highest BCUT2D eigenvalue weighted by atomic mass is 32.2. The Balaban J connectivity index is 0.000000497. The molecule has 0 aliphatic carbocycles. The molecule has 2 unspecified atom stereocenters. The van der Waals surface area contributed by atoms with Crippen molar-refractivity contribution < 1.29 is 13.2 Å². The summed E-state index contributed by atoms with van der Waals surface area (Å²) in [5, 5.41) is 0. The van der Waals surface area contributed by atoms with Gasteiger partial charge >= 0.3 is 0 Å². The largest absolute Gasteiger partial charge is 0.327 e. The lowest BCUT2D eigenvalue weighted by Gasteiger charge is -2.30. The first-order chi connectivity index (χ1) is 15.8. The number of benzene rings is 1. The first kappa shape index (κ1) is 28.5. The van der Waals surface area contributed by atoms with Gasteiger partial charge in [-0.15, -0.1) is 6.58 Å². The maximum atomic E-state index is 14.1. The van der Waals surface area contributed by atoms with E-state index in [1.165, 1.54) is 32.0 Å². The van der Waals surface area contributed by atoms with Crippen LogP contribution in [-0.4, -0.2) is 58.9 Å². The smallest absolute Gasteiger partial charge is 0.259 e. The summed E-state index contributed by atoms with van der Waals surface area (Å²) in [7, 11) is 4.19. The normalized spacial score (nSPS) is 19.3. The van der Waals surface area contributed by atoms with E-state index in [2.05, 4.69) is 36.0 Å². The average Bonchev–Trinajstić information content (AvgIpc) is 3.12. The molecule has 1 aromatic rings. The highest BCUT2D eigenvalue weighted by molar-refractivity contribution is 8.14. The number of hydrogen-bond donors (Lipinski definition) is 0. The van der Waals surface area contributed by atoms with Crippen molar-refractivity contribution in [3.63, 3.8) is 0 Å². The monoisotopic (exact) mass is 511 g/mol. The van der Waals surface area contributed by atoms with Crippen molar-refractivity contribution in [2.45, 2.75) is 44.4 Å². The van der Waals surface area contributed by atoms with Crippen LogP contribution in [0, 0.1) is 0 Å². The van der Waals surface area contributed by atoms with Crippen molar-refractivity contribution in [3.05, 3.63) is 66.4 Å². The van der Waals surface area contributed by atoms with Crippen LogP contribution in [0.3, 0.4) is 0 Å². The molecule has 2 atom stereocenters. The first-order valence-corrected chi connectivity index (χ1v) is 13.6. The molecule has 2 aliphatic rings. The lowest BCUT2D eigenvalue weighted by molar-refractivity contribution is 0.0924. The van der Waals surface area contributed by atoms with Gasteiger partial charge < -0.3 is 4.90 Å². The molecule has 2 heterocycles. The van der Waals surface area contributed by atoms with E-state index in [0.29, 0.717) is 47.0 Å². The molecule has 0 aromatic heterocycles.